The summed E-state index contributed by atoms with van der Waals surface area (Å²) >= 11 is 6.06. The number of hydrogen-bond acceptors (Lipinski definition) is 6. The Bertz CT molecular complexity index is 976. The van der Waals surface area contributed by atoms with Crippen molar-refractivity contribution in [2.75, 3.05) is 74.1 Å². The van der Waals surface area contributed by atoms with Gasteiger partial charge in [-0.2, -0.15) is 13.2 Å². The topological polar surface area (TPSA) is 60.9 Å². The molecule has 0 atom stereocenters. The number of rotatable bonds is 6. The molecule has 2 aliphatic heterocycles. The predicted octanol–water partition coefficient (Wildman–Crippen LogP) is 3.74. The van der Waals surface area contributed by atoms with Gasteiger partial charge in [-0.15, -0.1) is 0 Å². The number of morpholine rings is 1. The number of piperazine rings is 1. The Balaban J connectivity index is 1.21. The van der Waals surface area contributed by atoms with Gasteiger partial charge in [0.15, 0.2) is 0 Å². The van der Waals surface area contributed by atoms with E-state index in [4.69, 9.17) is 16.3 Å². The van der Waals surface area contributed by atoms with E-state index in [0.29, 0.717) is 45.0 Å². The number of carbonyl (C=O) groups excluding carboxylic acids is 1. The van der Waals surface area contributed by atoms with Gasteiger partial charge in [0.1, 0.15) is 5.82 Å². The molecule has 184 valence electrons. The van der Waals surface area contributed by atoms with E-state index in [1.807, 2.05) is 29.2 Å². The van der Waals surface area contributed by atoms with Gasteiger partial charge in [-0.25, -0.2) is 4.98 Å². The lowest BCUT2D eigenvalue weighted by molar-refractivity contribution is -0.137. The average molecular weight is 498 g/mol. The summed E-state index contributed by atoms with van der Waals surface area (Å²) in [5.41, 5.74) is 1.01. The fourth-order valence-corrected chi connectivity index (χ4v) is 4.35. The number of nitrogens with zero attached hydrogens (tertiary/aromatic N) is 4. The molecule has 1 aromatic carbocycles. The maximum Gasteiger partial charge on any atom is 0.417 e. The number of pyridine rings is 1. The van der Waals surface area contributed by atoms with E-state index in [-0.39, 0.29) is 10.9 Å². The zero-order valence-corrected chi connectivity index (χ0v) is 19.4. The first kappa shape index (κ1) is 24.6. The number of hydrogen-bond donors (Lipinski definition) is 1. The molecule has 2 aliphatic rings. The number of alkyl halides is 3. The first-order chi connectivity index (χ1) is 16.3. The van der Waals surface area contributed by atoms with Gasteiger partial charge in [-0.3, -0.25) is 9.69 Å². The maximum absolute atomic E-state index is 12.8. The van der Waals surface area contributed by atoms with Crippen LogP contribution in [0.3, 0.4) is 0 Å². The molecule has 4 rings (SSSR count). The predicted molar refractivity (Wildman–Crippen MR) is 126 cm³/mol. The summed E-state index contributed by atoms with van der Waals surface area (Å²) in [6, 6.07) is 8.72. The fraction of sp³-hybridized carbons (Fsp3) is 0.478. The second-order valence-corrected chi connectivity index (χ2v) is 8.71. The van der Waals surface area contributed by atoms with E-state index < -0.39 is 11.7 Å². The van der Waals surface area contributed by atoms with Crippen LogP contribution in [0.15, 0.2) is 36.5 Å². The quantitative estimate of drug-likeness (QED) is 0.656. The zero-order chi connectivity index (χ0) is 24.1. The summed E-state index contributed by atoms with van der Waals surface area (Å²) in [5.74, 6) is 0.293. The van der Waals surface area contributed by atoms with Crippen LogP contribution in [-0.2, 0) is 15.7 Å². The van der Waals surface area contributed by atoms with Gasteiger partial charge >= 0.3 is 6.18 Å². The van der Waals surface area contributed by atoms with Crippen molar-refractivity contribution in [3.05, 3.63) is 47.1 Å². The van der Waals surface area contributed by atoms with E-state index in [1.165, 1.54) is 0 Å². The Morgan fingerprint density at radius 3 is 2.32 bits per heavy atom. The minimum absolute atomic E-state index is 0.0118. The van der Waals surface area contributed by atoms with Crippen LogP contribution in [0, 0.1) is 0 Å². The van der Waals surface area contributed by atoms with Crippen LogP contribution in [0.25, 0.3) is 0 Å². The highest BCUT2D eigenvalue weighted by atomic mass is 35.5. The number of carbonyl (C=O) groups is 1. The second-order valence-electron chi connectivity index (χ2n) is 8.30. The molecule has 0 aliphatic carbocycles. The Hall–Kier alpha value is -2.56. The van der Waals surface area contributed by atoms with E-state index in [9.17, 15) is 18.0 Å². The van der Waals surface area contributed by atoms with Crippen LogP contribution >= 0.6 is 11.6 Å². The Labute approximate surface area is 201 Å². The molecule has 3 heterocycles. The molecule has 2 saturated heterocycles. The van der Waals surface area contributed by atoms with Gasteiger partial charge in [0, 0.05) is 69.8 Å². The van der Waals surface area contributed by atoms with Crippen molar-refractivity contribution < 1.29 is 22.7 Å². The van der Waals surface area contributed by atoms with Crippen LogP contribution in [0.2, 0.25) is 5.02 Å². The van der Waals surface area contributed by atoms with Gasteiger partial charge in [-0.05, 0) is 30.3 Å². The molecule has 1 amide bonds. The van der Waals surface area contributed by atoms with Gasteiger partial charge in [-0.1, -0.05) is 11.6 Å². The number of halogens is 4. The molecule has 1 N–H and O–H groups in total. The van der Waals surface area contributed by atoms with Gasteiger partial charge in [0.25, 0.3) is 0 Å². The first-order valence-corrected chi connectivity index (χ1v) is 11.6. The summed E-state index contributed by atoms with van der Waals surface area (Å²) in [7, 11) is 0. The summed E-state index contributed by atoms with van der Waals surface area (Å²) < 4.78 is 43.8. The normalized spacial score (nSPS) is 17.6. The van der Waals surface area contributed by atoms with Gasteiger partial charge in [0.2, 0.25) is 5.91 Å². The Morgan fingerprint density at radius 2 is 1.71 bits per heavy atom. The molecule has 34 heavy (non-hydrogen) atoms. The summed E-state index contributed by atoms with van der Waals surface area (Å²) in [5, 5.41) is 2.92. The smallest absolute Gasteiger partial charge is 0.378 e. The number of ether oxygens (including phenoxy) is 1. The van der Waals surface area contributed by atoms with Crippen molar-refractivity contribution in [2.24, 2.45) is 0 Å². The highest BCUT2D eigenvalue weighted by molar-refractivity contribution is 6.33. The third-order valence-corrected chi connectivity index (χ3v) is 6.28. The molecule has 0 unspecified atom stereocenters. The molecule has 0 radical (unpaired) electrons. The van der Waals surface area contributed by atoms with E-state index in [0.717, 1.165) is 49.9 Å². The van der Waals surface area contributed by atoms with Crippen molar-refractivity contribution in [1.82, 2.24) is 9.88 Å². The minimum Gasteiger partial charge on any atom is -0.378 e. The Kier molecular flexibility index (Phi) is 7.80. The van der Waals surface area contributed by atoms with Crippen LogP contribution in [0.1, 0.15) is 12.0 Å². The minimum atomic E-state index is -4.47. The summed E-state index contributed by atoms with van der Waals surface area (Å²) in [4.78, 5) is 22.6. The van der Waals surface area contributed by atoms with Crippen molar-refractivity contribution in [2.45, 2.75) is 12.6 Å². The lowest BCUT2D eigenvalue weighted by atomic mass is 10.2. The third-order valence-electron chi connectivity index (χ3n) is 6.00. The SMILES string of the molecule is O=C(CCN1CCN(c2ncc(C(F)(F)F)cc2Cl)CC1)Nc1ccc(N2CCOCC2)cc1. The molecule has 11 heteroatoms. The standard InChI is InChI=1S/C23H27ClF3N5O2/c24-20-15-17(23(25,26)27)16-28-22(20)32-9-7-30(8-10-32)6-5-21(33)29-18-1-3-19(4-2-18)31-11-13-34-14-12-31/h1-4,15-16H,5-14H2,(H,29,33). The number of benzene rings is 1. The molecule has 2 aromatic rings. The summed E-state index contributed by atoms with van der Waals surface area (Å²) in [6.45, 7) is 6.24. The van der Waals surface area contributed by atoms with Crippen molar-refractivity contribution in [3.8, 4) is 0 Å². The zero-order valence-electron chi connectivity index (χ0n) is 18.7. The molecule has 7 nitrogen and oxygen atoms in total. The van der Waals surface area contributed by atoms with Crippen molar-refractivity contribution >= 4 is 34.7 Å². The summed E-state index contributed by atoms with van der Waals surface area (Å²) in [6.07, 6.45) is -3.31. The molecule has 0 bridgehead atoms. The molecular weight excluding hydrogens is 471 g/mol. The van der Waals surface area contributed by atoms with Crippen LogP contribution < -0.4 is 15.1 Å². The second kappa shape index (κ2) is 10.8. The largest absolute Gasteiger partial charge is 0.417 e. The number of aromatic nitrogens is 1. The molecule has 0 saturated carbocycles. The number of nitrogens with one attached hydrogen (secondary N) is 1. The third kappa shape index (κ3) is 6.31. The highest BCUT2D eigenvalue weighted by Gasteiger charge is 2.32. The van der Waals surface area contributed by atoms with Gasteiger partial charge in [0.05, 0.1) is 23.8 Å². The molecule has 1 aromatic heterocycles. The van der Waals surface area contributed by atoms with Crippen LogP contribution in [-0.4, -0.2) is 74.8 Å². The lowest BCUT2D eigenvalue weighted by Gasteiger charge is -2.35. The molecular formula is C23H27ClF3N5O2. The van der Waals surface area contributed by atoms with Crippen molar-refractivity contribution in [1.29, 1.82) is 0 Å². The fourth-order valence-electron chi connectivity index (χ4n) is 4.06. The molecule has 2 fully saturated rings. The maximum atomic E-state index is 12.8. The van der Waals surface area contributed by atoms with E-state index in [2.05, 4.69) is 20.1 Å². The Morgan fingerprint density at radius 1 is 1.03 bits per heavy atom. The molecule has 0 spiro atoms. The van der Waals surface area contributed by atoms with Crippen LogP contribution in [0.4, 0.5) is 30.4 Å². The van der Waals surface area contributed by atoms with Crippen LogP contribution in [0.5, 0.6) is 0 Å². The first-order valence-electron chi connectivity index (χ1n) is 11.2. The van der Waals surface area contributed by atoms with Gasteiger partial charge < -0.3 is 19.9 Å². The number of amides is 1. The van der Waals surface area contributed by atoms with E-state index >= 15 is 0 Å². The highest BCUT2D eigenvalue weighted by Crippen LogP contribution is 2.33. The monoisotopic (exact) mass is 497 g/mol. The number of anilines is 3. The van der Waals surface area contributed by atoms with Crippen molar-refractivity contribution in [3.63, 3.8) is 0 Å². The lowest BCUT2D eigenvalue weighted by Crippen LogP contribution is -2.47. The average Bonchev–Trinajstić information content (AvgIpc) is 2.83. The van der Waals surface area contributed by atoms with E-state index in [1.54, 1.807) is 0 Å².